The molecule has 0 amide bonds. The number of benzene rings is 7. The third kappa shape index (κ3) is 5.09. The zero-order chi connectivity index (χ0) is 35.5. The Balaban J connectivity index is 1.28. The summed E-state index contributed by atoms with van der Waals surface area (Å²) in [5.41, 5.74) is 16.7. The molecule has 0 saturated carbocycles. The first kappa shape index (κ1) is 31.4. The molecular weight excluding hydrogens is 643 g/mol. The van der Waals surface area contributed by atoms with Crippen molar-refractivity contribution in [3.8, 4) is 50.3 Å². The number of anilines is 3. The predicted molar refractivity (Wildman–Crippen MR) is 220 cm³/mol. The maximum Gasteiger partial charge on any atom is 0.134 e. The van der Waals surface area contributed by atoms with E-state index in [4.69, 9.17) is 4.74 Å². The number of allylic oxidation sites excluding steroid dienone is 2. The van der Waals surface area contributed by atoms with E-state index < -0.39 is 0 Å². The number of nitrogens with zero attached hydrogens (tertiary/aromatic N) is 1. The van der Waals surface area contributed by atoms with Crippen LogP contribution in [0.4, 0.5) is 17.1 Å². The monoisotopic (exact) mass is 681 g/mol. The predicted octanol–water partition coefficient (Wildman–Crippen LogP) is 13.4. The van der Waals surface area contributed by atoms with Gasteiger partial charge in [0.25, 0.3) is 0 Å². The first-order valence-electron chi connectivity index (χ1n) is 18.6. The lowest BCUT2D eigenvalue weighted by Gasteiger charge is -2.32. The van der Waals surface area contributed by atoms with Crippen molar-refractivity contribution >= 4 is 17.1 Å². The number of rotatable bonds is 6. The minimum absolute atomic E-state index is 0.0470. The second kappa shape index (κ2) is 12.4. The van der Waals surface area contributed by atoms with Crippen molar-refractivity contribution in [1.29, 1.82) is 0 Å². The minimum atomic E-state index is -0.148. The molecule has 1 aliphatic heterocycles. The molecule has 2 atom stereocenters. The van der Waals surface area contributed by atoms with Crippen molar-refractivity contribution < 1.29 is 4.74 Å². The third-order valence-electron chi connectivity index (χ3n) is 11.4. The van der Waals surface area contributed by atoms with Gasteiger partial charge < -0.3 is 9.64 Å². The molecule has 53 heavy (non-hydrogen) atoms. The van der Waals surface area contributed by atoms with Crippen LogP contribution in [0, 0.1) is 0 Å². The first-order chi connectivity index (χ1) is 26.1. The van der Waals surface area contributed by atoms with Crippen LogP contribution in [0.25, 0.3) is 44.5 Å². The number of ether oxygens (including phenoxy) is 1. The van der Waals surface area contributed by atoms with Crippen LogP contribution in [-0.4, -0.2) is 6.10 Å². The number of hydrogen-bond acceptors (Lipinski definition) is 2. The van der Waals surface area contributed by atoms with Gasteiger partial charge in [-0.1, -0.05) is 166 Å². The van der Waals surface area contributed by atoms with E-state index in [1.807, 2.05) is 0 Å². The van der Waals surface area contributed by atoms with Gasteiger partial charge >= 0.3 is 0 Å². The van der Waals surface area contributed by atoms with Gasteiger partial charge in [-0.05, 0) is 80.9 Å². The Morgan fingerprint density at radius 3 is 1.81 bits per heavy atom. The van der Waals surface area contributed by atoms with Crippen molar-refractivity contribution in [2.75, 3.05) is 4.90 Å². The van der Waals surface area contributed by atoms with E-state index in [-0.39, 0.29) is 17.4 Å². The van der Waals surface area contributed by atoms with Gasteiger partial charge in [0.1, 0.15) is 11.9 Å². The molecule has 2 nitrogen and oxygen atoms in total. The standard InChI is InChI=1S/C51H39NO/c1-51(2)45-24-14-12-22-40(45)41-31-30-39(32-46(41)51)52(38-28-26-35(27-29-38)34-16-6-3-7-17-34)49-43(36-18-8-4-9-19-36)33-44-42-23-13-15-25-47(42)53-50(44)48(49)37-20-10-5-11-21-37/h3-33,42,47H,1-2H3. The van der Waals surface area contributed by atoms with Gasteiger partial charge in [0.05, 0.1) is 5.69 Å². The summed E-state index contributed by atoms with van der Waals surface area (Å²) in [6.07, 6.45) is 8.71. The highest BCUT2D eigenvalue weighted by Gasteiger charge is 2.39. The molecule has 7 aromatic carbocycles. The zero-order valence-corrected chi connectivity index (χ0v) is 29.9. The molecule has 7 aromatic rings. The lowest BCUT2D eigenvalue weighted by Crippen LogP contribution is -2.17. The summed E-state index contributed by atoms with van der Waals surface area (Å²) in [6, 6.07) is 59.7. The van der Waals surface area contributed by atoms with E-state index in [9.17, 15) is 0 Å². The molecule has 0 saturated heterocycles. The maximum absolute atomic E-state index is 7.01. The van der Waals surface area contributed by atoms with Crippen LogP contribution in [0.5, 0.6) is 5.75 Å². The van der Waals surface area contributed by atoms with Crippen molar-refractivity contribution in [1.82, 2.24) is 0 Å². The van der Waals surface area contributed by atoms with Gasteiger partial charge in [-0.2, -0.15) is 0 Å². The highest BCUT2D eigenvalue weighted by atomic mass is 16.5. The van der Waals surface area contributed by atoms with E-state index in [0.29, 0.717) is 0 Å². The van der Waals surface area contributed by atoms with Gasteiger partial charge in [-0.3, -0.25) is 0 Å². The van der Waals surface area contributed by atoms with Gasteiger partial charge in [-0.25, -0.2) is 0 Å². The first-order valence-corrected chi connectivity index (χ1v) is 18.6. The van der Waals surface area contributed by atoms with Crippen LogP contribution < -0.4 is 9.64 Å². The van der Waals surface area contributed by atoms with Crippen LogP contribution in [0.3, 0.4) is 0 Å². The molecule has 0 N–H and O–H groups in total. The molecule has 0 spiro atoms. The lowest BCUT2D eigenvalue weighted by molar-refractivity contribution is 0.270. The van der Waals surface area contributed by atoms with Gasteiger partial charge in [0.15, 0.2) is 0 Å². The largest absolute Gasteiger partial charge is 0.484 e. The van der Waals surface area contributed by atoms with Gasteiger partial charge in [0.2, 0.25) is 0 Å². The SMILES string of the molecule is CC1(C)c2ccccc2-c2ccc(N(c3ccc(-c4ccccc4)cc3)c3c(-c4ccccc4)cc4c(c3-c3ccccc3)OC3C=CC=CC43)cc21. The molecule has 0 radical (unpaired) electrons. The molecule has 1 heterocycles. The Kier molecular flexibility index (Phi) is 7.33. The Morgan fingerprint density at radius 2 is 1.08 bits per heavy atom. The fourth-order valence-corrected chi connectivity index (χ4v) is 8.78. The minimum Gasteiger partial charge on any atom is -0.484 e. The molecule has 0 bridgehead atoms. The van der Waals surface area contributed by atoms with Crippen molar-refractivity contribution in [3.63, 3.8) is 0 Å². The van der Waals surface area contributed by atoms with Crippen LogP contribution >= 0.6 is 0 Å². The third-order valence-corrected chi connectivity index (χ3v) is 11.4. The van der Waals surface area contributed by atoms with Crippen molar-refractivity contribution in [2.24, 2.45) is 0 Å². The fourth-order valence-electron chi connectivity index (χ4n) is 8.78. The highest BCUT2D eigenvalue weighted by Crippen LogP contribution is 2.57. The smallest absolute Gasteiger partial charge is 0.134 e. The lowest BCUT2D eigenvalue weighted by atomic mass is 9.82. The fraction of sp³-hybridized carbons (Fsp3) is 0.0980. The summed E-state index contributed by atoms with van der Waals surface area (Å²) in [4.78, 5) is 2.48. The summed E-state index contributed by atoms with van der Waals surface area (Å²) in [5.74, 6) is 1.10. The molecule has 2 heteroatoms. The van der Waals surface area contributed by atoms with Crippen molar-refractivity contribution in [2.45, 2.75) is 31.3 Å². The van der Waals surface area contributed by atoms with E-state index in [1.165, 1.54) is 50.1 Å². The van der Waals surface area contributed by atoms with E-state index in [1.54, 1.807) is 0 Å². The second-order valence-electron chi connectivity index (χ2n) is 14.8. The summed E-state index contributed by atoms with van der Waals surface area (Å²) in [7, 11) is 0. The van der Waals surface area contributed by atoms with Gasteiger partial charge in [-0.15, -0.1) is 0 Å². The Morgan fingerprint density at radius 1 is 0.491 bits per heavy atom. The molecule has 2 unspecified atom stereocenters. The molecule has 3 aliphatic rings. The van der Waals surface area contributed by atoms with E-state index in [2.05, 4.69) is 207 Å². The molecule has 10 rings (SSSR count). The summed E-state index contributed by atoms with van der Waals surface area (Å²) < 4.78 is 7.01. The summed E-state index contributed by atoms with van der Waals surface area (Å²) in [5, 5.41) is 0. The van der Waals surface area contributed by atoms with Crippen LogP contribution in [0.15, 0.2) is 188 Å². The highest BCUT2D eigenvalue weighted by molar-refractivity contribution is 6.02. The topological polar surface area (TPSA) is 12.5 Å². The van der Waals surface area contributed by atoms with E-state index in [0.717, 1.165) is 33.9 Å². The molecular formula is C51H39NO. The summed E-state index contributed by atoms with van der Waals surface area (Å²) >= 11 is 0. The molecule has 254 valence electrons. The normalized spacial score (nSPS) is 17.0. The van der Waals surface area contributed by atoms with Crippen molar-refractivity contribution in [3.05, 3.63) is 205 Å². The Labute approximate surface area is 312 Å². The second-order valence-corrected chi connectivity index (χ2v) is 14.8. The molecule has 0 aromatic heterocycles. The zero-order valence-electron chi connectivity index (χ0n) is 29.9. The molecule has 2 aliphatic carbocycles. The van der Waals surface area contributed by atoms with Crippen LogP contribution in [0.2, 0.25) is 0 Å². The average Bonchev–Trinajstić information content (AvgIpc) is 3.70. The average molecular weight is 682 g/mol. The Hall–Kier alpha value is -6.38. The van der Waals surface area contributed by atoms with Crippen LogP contribution in [0.1, 0.15) is 36.5 Å². The number of hydrogen-bond donors (Lipinski definition) is 0. The van der Waals surface area contributed by atoms with Gasteiger partial charge in [0, 0.05) is 39.4 Å². The Bertz CT molecular complexity index is 2550. The quantitative estimate of drug-likeness (QED) is 0.173. The maximum atomic E-state index is 7.01. The summed E-state index contributed by atoms with van der Waals surface area (Å²) in [6.45, 7) is 4.72. The van der Waals surface area contributed by atoms with E-state index >= 15 is 0 Å². The molecule has 0 fully saturated rings. The van der Waals surface area contributed by atoms with Crippen LogP contribution in [-0.2, 0) is 5.41 Å². The number of fused-ring (bicyclic) bond motifs is 6.